The molecule has 0 aliphatic carbocycles. The zero-order valence-corrected chi connectivity index (χ0v) is 31.2. The highest BCUT2D eigenvalue weighted by Crippen LogP contribution is 2.28. The summed E-state index contributed by atoms with van der Waals surface area (Å²) in [6, 6.07) is 7.32. The molecule has 3 N–H and O–H groups in total. The van der Waals surface area contributed by atoms with Crippen LogP contribution in [0.4, 0.5) is 20.2 Å². The van der Waals surface area contributed by atoms with Crippen LogP contribution in [-0.4, -0.2) is 122 Å². The molecule has 6 rings (SSSR count). The third-order valence-electron chi connectivity index (χ3n) is 10.4. The van der Waals surface area contributed by atoms with E-state index in [9.17, 15) is 18.8 Å². The third-order valence-corrected chi connectivity index (χ3v) is 11.8. The van der Waals surface area contributed by atoms with Gasteiger partial charge in [-0.2, -0.15) is 11.8 Å². The number of thioether (sulfide) groups is 1. The first-order chi connectivity index (χ1) is 25.8. The van der Waals surface area contributed by atoms with Gasteiger partial charge in [0.1, 0.15) is 41.5 Å². The first kappa shape index (κ1) is 38.9. The highest BCUT2D eigenvalue weighted by molar-refractivity contribution is 7.99. The number of aromatic amines is 1. The first-order valence-corrected chi connectivity index (χ1v) is 19.8. The SMILES string of the molecule is CNC(=O)CCC(C=O)Nc1ccc(N2CCN(CC3CCN(CCOc4cc(F)c5c(=O)[nH]c(CSC6CCOCC6)nc5c4)CC3)CC2)c(F)c1. The summed E-state index contributed by atoms with van der Waals surface area (Å²) in [4.78, 5) is 49.9. The van der Waals surface area contributed by atoms with Crippen molar-refractivity contribution in [2.24, 2.45) is 5.92 Å². The number of nitrogens with one attached hydrogen (secondary N) is 3. The number of rotatable bonds is 16. The zero-order chi connectivity index (χ0) is 37.2. The summed E-state index contributed by atoms with van der Waals surface area (Å²) in [6.07, 6.45) is 5.40. The minimum atomic E-state index is -0.632. The van der Waals surface area contributed by atoms with Crippen LogP contribution in [0.25, 0.3) is 10.9 Å². The van der Waals surface area contributed by atoms with Crippen LogP contribution in [0.15, 0.2) is 35.1 Å². The average molecular weight is 756 g/mol. The number of fused-ring (bicyclic) bond motifs is 1. The van der Waals surface area contributed by atoms with Crippen LogP contribution >= 0.6 is 11.8 Å². The number of aldehydes is 1. The summed E-state index contributed by atoms with van der Waals surface area (Å²) < 4.78 is 41.5. The summed E-state index contributed by atoms with van der Waals surface area (Å²) in [5.41, 5.74) is 0.908. The number of anilines is 2. The fourth-order valence-corrected chi connectivity index (χ4v) is 8.37. The van der Waals surface area contributed by atoms with E-state index in [0.717, 1.165) is 97.5 Å². The molecule has 15 heteroatoms. The first-order valence-electron chi connectivity index (χ1n) is 18.7. The standard InChI is InChI=1S/C38H51F2N7O5S/c1-41-36(49)5-3-28(24-48)42-27-2-4-34(31(39)20-27)47-14-12-46(13-15-47)23-26-6-10-45(11-7-26)16-19-52-29-21-32(40)37-33(22-29)43-35(44-38(37)50)25-53-30-8-17-51-18-9-30/h2,4,20-22,24,26,28,30,42H,3,5-19,23,25H2,1H3,(H,41,49)(H,43,44,50). The molecule has 3 aliphatic heterocycles. The number of benzene rings is 2. The van der Waals surface area contributed by atoms with Crippen LogP contribution in [0.3, 0.4) is 0 Å². The number of likely N-dealkylation sites (tertiary alicyclic amines) is 1. The molecule has 3 saturated heterocycles. The van der Waals surface area contributed by atoms with Gasteiger partial charge in [0, 0.05) is 89.0 Å². The van der Waals surface area contributed by atoms with Gasteiger partial charge in [0.15, 0.2) is 0 Å². The van der Waals surface area contributed by atoms with Crippen molar-refractivity contribution < 1.29 is 27.8 Å². The van der Waals surface area contributed by atoms with Crippen molar-refractivity contribution in [3.05, 3.63) is 58.1 Å². The van der Waals surface area contributed by atoms with Crippen molar-refractivity contribution >= 4 is 46.2 Å². The molecule has 2 aromatic carbocycles. The number of halogens is 2. The van der Waals surface area contributed by atoms with Gasteiger partial charge in [0.05, 0.1) is 23.0 Å². The Labute approximate surface area is 313 Å². The second-order valence-corrected chi connectivity index (χ2v) is 15.4. The summed E-state index contributed by atoms with van der Waals surface area (Å²) in [7, 11) is 1.55. The fraction of sp³-hybridized carbons (Fsp3) is 0.579. The lowest BCUT2D eigenvalue weighted by atomic mass is 9.96. The van der Waals surface area contributed by atoms with E-state index in [-0.39, 0.29) is 23.5 Å². The number of aromatic nitrogens is 2. The van der Waals surface area contributed by atoms with Gasteiger partial charge in [-0.05, 0) is 69.3 Å². The van der Waals surface area contributed by atoms with E-state index in [2.05, 4.69) is 35.3 Å². The Morgan fingerprint density at radius 1 is 1.06 bits per heavy atom. The summed E-state index contributed by atoms with van der Waals surface area (Å²) in [6.45, 7) is 8.78. The van der Waals surface area contributed by atoms with E-state index < -0.39 is 17.4 Å². The van der Waals surface area contributed by atoms with E-state index in [0.29, 0.717) is 58.4 Å². The summed E-state index contributed by atoms with van der Waals surface area (Å²) in [5.74, 6) is 0.943. The lowest BCUT2D eigenvalue weighted by Gasteiger charge is -2.39. The van der Waals surface area contributed by atoms with Crippen LogP contribution in [0.1, 0.15) is 44.3 Å². The van der Waals surface area contributed by atoms with Crippen LogP contribution < -0.4 is 25.8 Å². The van der Waals surface area contributed by atoms with Crippen molar-refractivity contribution in [1.82, 2.24) is 25.1 Å². The molecule has 0 radical (unpaired) electrons. The molecule has 1 unspecified atom stereocenters. The Hall–Kier alpha value is -3.79. The van der Waals surface area contributed by atoms with E-state index >= 15 is 4.39 Å². The maximum Gasteiger partial charge on any atom is 0.261 e. The van der Waals surface area contributed by atoms with E-state index in [4.69, 9.17) is 9.47 Å². The van der Waals surface area contributed by atoms with Gasteiger partial charge < -0.3 is 34.8 Å². The number of amides is 1. The number of piperidine rings is 1. The van der Waals surface area contributed by atoms with Gasteiger partial charge in [-0.1, -0.05) is 0 Å². The highest BCUT2D eigenvalue weighted by Gasteiger charge is 2.25. The number of carbonyl (C=O) groups excluding carboxylic acids is 2. The van der Waals surface area contributed by atoms with Crippen molar-refractivity contribution in [1.29, 1.82) is 0 Å². The molecule has 288 valence electrons. The molecule has 3 aromatic rings. The number of H-pyrrole nitrogens is 1. The largest absolute Gasteiger partial charge is 0.492 e. The fourth-order valence-electron chi connectivity index (χ4n) is 7.31. The minimum Gasteiger partial charge on any atom is -0.492 e. The number of nitrogens with zero attached hydrogens (tertiary/aromatic N) is 4. The molecule has 0 saturated carbocycles. The van der Waals surface area contributed by atoms with Crippen molar-refractivity contribution in [3.63, 3.8) is 0 Å². The lowest BCUT2D eigenvalue weighted by molar-refractivity contribution is -0.120. The normalized spacial score (nSPS) is 18.6. The van der Waals surface area contributed by atoms with Crippen LogP contribution in [-0.2, 0) is 20.1 Å². The Morgan fingerprint density at radius 2 is 1.83 bits per heavy atom. The Kier molecular flexibility index (Phi) is 13.9. The Balaban J connectivity index is 0.902. The van der Waals surface area contributed by atoms with Gasteiger partial charge in [-0.25, -0.2) is 13.8 Å². The number of carbonyl (C=O) groups is 2. The van der Waals surface area contributed by atoms with Gasteiger partial charge in [-0.15, -0.1) is 0 Å². The average Bonchev–Trinajstić information content (AvgIpc) is 3.17. The molecular weight excluding hydrogens is 705 g/mol. The predicted molar refractivity (Wildman–Crippen MR) is 204 cm³/mol. The molecule has 53 heavy (non-hydrogen) atoms. The zero-order valence-electron chi connectivity index (χ0n) is 30.4. The summed E-state index contributed by atoms with van der Waals surface area (Å²) >= 11 is 1.74. The smallest absolute Gasteiger partial charge is 0.261 e. The number of hydrogen-bond donors (Lipinski definition) is 3. The highest BCUT2D eigenvalue weighted by atomic mass is 32.2. The minimum absolute atomic E-state index is 0.0443. The molecule has 3 aliphatic rings. The van der Waals surface area contributed by atoms with Gasteiger partial charge in [0.2, 0.25) is 5.91 Å². The molecule has 1 aromatic heterocycles. The monoisotopic (exact) mass is 755 g/mol. The number of hydrogen-bond acceptors (Lipinski definition) is 11. The quantitative estimate of drug-likeness (QED) is 0.183. The number of ether oxygens (including phenoxy) is 2. The van der Waals surface area contributed by atoms with Crippen molar-refractivity contribution in [3.8, 4) is 5.75 Å². The molecule has 0 bridgehead atoms. The molecule has 1 amide bonds. The molecule has 4 heterocycles. The van der Waals surface area contributed by atoms with E-state index in [1.54, 1.807) is 37.0 Å². The van der Waals surface area contributed by atoms with Gasteiger partial charge in [0.25, 0.3) is 5.56 Å². The lowest BCUT2D eigenvalue weighted by Crippen LogP contribution is -2.49. The Morgan fingerprint density at radius 3 is 2.55 bits per heavy atom. The Bertz CT molecular complexity index is 1740. The van der Waals surface area contributed by atoms with E-state index in [1.165, 1.54) is 12.1 Å². The van der Waals surface area contributed by atoms with Crippen molar-refractivity contribution in [2.45, 2.75) is 55.6 Å². The molecular formula is C38H51F2N7O5S. The number of piperazine rings is 1. The van der Waals surface area contributed by atoms with Crippen molar-refractivity contribution in [2.75, 3.05) is 89.4 Å². The second-order valence-electron chi connectivity index (χ2n) is 14.1. The maximum atomic E-state index is 15.1. The maximum absolute atomic E-state index is 15.1. The molecule has 12 nitrogen and oxygen atoms in total. The topological polar surface area (TPSA) is 132 Å². The molecule has 3 fully saturated rings. The molecule has 0 spiro atoms. The van der Waals surface area contributed by atoms with E-state index in [1.807, 2.05) is 0 Å². The van der Waals surface area contributed by atoms with Crippen LogP contribution in [0.2, 0.25) is 0 Å². The predicted octanol–water partition coefficient (Wildman–Crippen LogP) is 4.03. The van der Waals surface area contributed by atoms with Crippen LogP contribution in [0.5, 0.6) is 5.75 Å². The second kappa shape index (κ2) is 19.0. The van der Waals surface area contributed by atoms with Gasteiger partial charge >= 0.3 is 0 Å². The third kappa shape index (κ3) is 10.9. The molecule has 1 atom stereocenters. The van der Waals surface area contributed by atoms with Gasteiger partial charge in [-0.3, -0.25) is 19.4 Å². The summed E-state index contributed by atoms with van der Waals surface area (Å²) in [5, 5.41) is 5.98. The van der Waals surface area contributed by atoms with Crippen LogP contribution in [0, 0.1) is 17.6 Å².